The Kier molecular flexibility index (Phi) is 3.13. The predicted molar refractivity (Wildman–Crippen MR) is 49.1 cm³/mol. The molecule has 0 heterocycles. The SMILES string of the molecule is N#CC1=C/CC/C=C(Br)/C=C\1. The Labute approximate surface area is 74.8 Å². The molecule has 0 spiro atoms. The first-order valence-corrected chi connectivity index (χ1v) is 4.26. The van der Waals surface area contributed by atoms with Crippen LogP contribution in [-0.4, -0.2) is 0 Å². The summed E-state index contributed by atoms with van der Waals surface area (Å²) < 4.78 is 1.05. The maximum absolute atomic E-state index is 8.59. The highest BCUT2D eigenvalue weighted by molar-refractivity contribution is 9.11. The number of allylic oxidation sites excluding steroid dienone is 6. The van der Waals surface area contributed by atoms with Gasteiger partial charge < -0.3 is 0 Å². The summed E-state index contributed by atoms with van der Waals surface area (Å²) in [7, 11) is 0. The lowest BCUT2D eigenvalue weighted by molar-refractivity contribution is 1.04. The standard InChI is InChI=1S/C9H8BrN/c10-9-4-2-1-3-8(7-11)5-6-9/h3-6H,1-2H2/b6-5-,8-3+,9-4-. The van der Waals surface area contributed by atoms with Crippen molar-refractivity contribution in [3.63, 3.8) is 0 Å². The molecule has 0 bridgehead atoms. The summed E-state index contributed by atoms with van der Waals surface area (Å²) in [4.78, 5) is 0. The van der Waals surface area contributed by atoms with Gasteiger partial charge in [-0.05, 0) is 25.0 Å². The van der Waals surface area contributed by atoms with Gasteiger partial charge in [-0.3, -0.25) is 0 Å². The fourth-order valence-corrected chi connectivity index (χ4v) is 1.21. The number of halogens is 1. The number of hydrogen-bond acceptors (Lipinski definition) is 1. The highest BCUT2D eigenvalue weighted by Gasteiger charge is 1.93. The molecule has 0 aromatic rings. The smallest absolute Gasteiger partial charge is 0.0988 e. The minimum absolute atomic E-state index is 0.745. The third-order valence-corrected chi connectivity index (χ3v) is 2.01. The van der Waals surface area contributed by atoms with Crippen molar-refractivity contribution in [2.45, 2.75) is 12.8 Å². The number of rotatable bonds is 0. The molecule has 11 heavy (non-hydrogen) atoms. The first-order chi connectivity index (χ1) is 5.33. The van der Waals surface area contributed by atoms with Gasteiger partial charge in [0.2, 0.25) is 0 Å². The summed E-state index contributed by atoms with van der Waals surface area (Å²) in [5.41, 5.74) is 0.745. The molecular formula is C9H8BrN. The van der Waals surface area contributed by atoms with Crippen LogP contribution in [0, 0.1) is 11.3 Å². The highest BCUT2D eigenvalue weighted by Crippen LogP contribution is 2.14. The van der Waals surface area contributed by atoms with Gasteiger partial charge >= 0.3 is 0 Å². The van der Waals surface area contributed by atoms with Crippen molar-refractivity contribution in [2.24, 2.45) is 0 Å². The zero-order valence-corrected chi connectivity index (χ0v) is 7.63. The van der Waals surface area contributed by atoms with Crippen LogP contribution in [-0.2, 0) is 0 Å². The summed E-state index contributed by atoms with van der Waals surface area (Å²) in [6, 6.07) is 2.12. The normalized spacial score (nSPS) is 29.8. The van der Waals surface area contributed by atoms with Gasteiger partial charge in [0, 0.05) is 10.1 Å². The van der Waals surface area contributed by atoms with Crippen LogP contribution in [0.3, 0.4) is 0 Å². The Morgan fingerprint density at radius 3 is 2.73 bits per heavy atom. The molecule has 0 aromatic heterocycles. The Balaban J connectivity index is 2.81. The van der Waals surface area contributed by atoms with E-state index in [0.717, 1.165) is 22.9 Å². The maximum Gasteiger partial charge on any atom is 0.0988 e. The number of nitriles is 1. The Bertz CT molecular complexity index is 266. The van der Waals surface area contributed by atoms with Crippen molar-refractivity contribution in [1.29, 1.82) is 5.26 Å². The molecule has 1 aliphatic carbocycles. The molecule has 1 nitrogen and oxygen atoms in total. The van der Waals surface area contributed by atoms with Crippen molar-refractivity contribution in [3.05, 3.63) is 34.4 Å². The molecule has 0 fully saturated rings. The average molecular weight is 210 g/mol. The highest BCUT2D eigenvalue weighted by atomic mass is 79.9. The van der Waals surface area contributed by atoms with Crippen LogP contribution >= 0.6 is 15.9 Å². The first-order valence-electron chi connectivity index (χ1n) is 3.47. The second kappa shape index (κ2) is 4.15. The van der Waals surface area contributed by atoms with E-state index in [2.05, 4.69) is 28.1 Å². The van der Waals surface area contributed by atoms with Crippen molar-refractivity contribution < 1.29 is 0 Å². The van der Waals surface area contributed by atoms with Gasteiger partial charge in [0.25, 0.3) is 0 Å². The van der Waals surface area contributed by atoms with Gasteiger partial charge in [0.15, 0.2) is 0 Å². The lowest BCUT2D eigenvalue weighted by Crippen LogP contribution is -1.78. The van der Waals surface area contributed by atoms with E-state index in [0.29, 0.717) is 0 Å². The second-order valence-corrected chi connectivity index (χ2v) is 3.19. The van der Waals surface area contributed by atoms with Gasteiger partial charge in [-0.2, -0.15) is 5.26 Å². The van der Waals surface area contributed by atoms with Crippen molar-refractivity contribution in [2.75, 3.05) is 0 Å². The lowest BCUT2D eigenvalue weighted by atomic mass is 10.1. The maximum atomic E-state index is 8.59. The van der Waals surface area contributed by atoms with Gasteiger partial charge in [-0.25, -0.2) is 0 Å². The van der Waals surface area contributed by atoms with E-state index in [-0.39, 0.29) is 0 Å². The molecule has 0 unspecified atom stereocenters. The quantitative estimate of drug-likeness (QED) is 0.602. The van der Waals surface area contributed by atoms with Crippen molar-refractivity contribution in [3.8, 4) is 6.07 Å². The largest absolute Gasteiger partial charge is 0.192 e. The minimum Gasteiger partial charge on any atom is -0.192 e. The van der Waals surface area contributed by atoms with E-state index in [9.17, 15) is 0 Å². The molecule has 2 heteroatoms. The Hall–Kier alpha value is -0.810. The summed E-state index contributed by atoms with van der Waals surface area (Å²) in [5.74, 6) is 0. The summed E-state index contributed by atoms with van der Waals surface area (Å²) >= 11 is 3.37. The molecule has 0 aliphatic heterocycles. The van der Waals surface area contributed by atoms with Gasteiger partial charge in [0.05, 0.1) is 6.07 Å². The molecule has 1 aliphatic rings. The topological polar surface area (TPSA) is 23.8 Å². The second-order valence-electron chi connectivity index (χ2n) is 2.27. The molecule has 1 rings (SSSR count). The Morgan fingerprint density at radius 2 is 2.00 bits per heavy atom. The van der Waals surface area contributed by atoms with Crippen molar-refractivity contribution in [1.82, 2.24) is 0 Å². The zero-order valence-electron chi connectivity index (χ0n) is 6.05. The summed E-state index contributed by atoms with van der Waals surface area (Å²) in [6.45, 7) is 0. The summed E-state index contributed by atoms with van der Waals surface area (Å²) in [6.07, 6.45) is 9.71. The predicted octanol–water partition coefficient (Wildman–Crippen LogP) is 3.07. The number of nitrogens with zero attached hydrogens (tertiary/aromatic N) is 1. The fourth-order valence-electron chi connectivity index (χ4n) is 0.848. The van der Waals surface area contributed by atoms with E-state index in [4.69, 9.17) is 5.26 Å². The van der Waals surface area contributed by atoms with Gasteiger partial charge in [-0.15, -0.1) is 0 Å². The molecule has 0 amide bonds. The number of hydrogen-bond donors (Lipinski definition) is 0. The molecule has 0 aromatic carbocycles. The van der Waals surface area contributed by atoms with Crippen LogP contribution in [0.1, 0.15) is 12.8 Å². The third-order valence-electron chi connectivity index (χ3n) is 1.42. The molecule has 0 N–H and O–H groups in total. The molecule has 0 saturated carbocycles. The van der Waals surface area contributed by atoms with Crippen molar-refractivity contribution >= 4 is 15.9 Å². The van der Waals surface area contributed by atoms with Gasteiger partial charge in [-0.1, -0.05) is 28.1 Å². The van der Waals surface area contributed by atoms with E-state index >= 15 is 0 Å². The van der Waals surface area contributed by atoms with Crippen LogP contribution < -0.4 is 0 Å². The van der Waals surface area contributed by atoms with Crippen LogP contribution in [0.15, 0.2) is 34.4 Å². The molecule has 56 valence electrons. The molecular weight excluding hydrogens is 202 g/mol. The molecule has 0 saturated heterocycles. The van der Waals surface area contributed by atoms with E-state index in [1.54, 1.807) is 0 Å². The van der Waals surface area contributed by atoms with Crippen LogP contribution in [0.2, 0.25) is 0 Å². The molecule has 0 atom stereocenters. The van der Waals surface area contributed by atoms with E-state index in [1.807, 2.05) is 18.2 Å². The van der Waals surface area contributed by atoms with Crippen LogP contribution in [0.5, 0.6) is 0 Å². The monoisotopic (exact) mass is 209 g/mol. The van der Waals surface area contributed by atoms with Crippen LogP contribution in [0.25, 0.3) is 0 Å². The molecule has 0 radical (unpaired) electrons. The first kappa shape index (κ1) is 8.29. The fraction of sp³-hybridized carbons (Fsp3) is 0.222. The van der Waals surface area contributed by atoms with Crippen LogP contribution in [0.4, 0.5) is 0 Å². The van der Waals surface area contributed by atoms with Gasteiger partial charge in [0.1, 0.15) is 0 Å². The third kappa shape index (κ3) is 2.73. The average Bonchev–Trinajstić information content (AvgIpc) is 1.98. The van der Waals surface area contributed by atoms with E-state index < -0.39 is 0 Å². The Morgan fingerprint density at radius 1 is 1.27 bits per heavy atom. The zero-order chi connectivity index (χ0) is 8.10. The minimum atomic E-state index is 0.745. The lowest BCUT2D eigenvalue weighted by Gasteiger charge is -1.95. The summed E-state index contributed by atoms with van der Waals surface area (Å²) in [5, 5.41) is 8.59. The van der Waals surface area contributed by atoms with E-state index in [1.165, 1.54) is 0 Å².